The molecule has 3 aromatic rings. The van der Waals surface area contributed by atoms with Gasteiger partial charge in [0.1, 0.15) is 12.2 Å². The van der Waals surface area contributed by atoms with Crippen molar-refractivity contribution in [1.82, 2.24) is 14.5 Å². The third-order valence-electron chi connectivity index (χ3n) is 5.01. The van der Waals surface area contributed by atoms with Crippen LogP contribution in [0.3, 0.4) is 0 Å². The van der Waals surface area contributed by atoms with E-state index in [1.54, 1.807) is 12.3 Å². The van der Waals surface area contributed by atoms with E-state index in [1.165, 1.54) is 0 Å². The van der Waals surface area contributed by atoms with Gasteiger partial charge >= 0.3 is 0 Å². The summed E-state index contributed by atoms with van der Waals surface area (Å²) in [5, 5.41) is 8.96. The number of aryl methyl sites for hydroxylation is 1. The van der Waals surface area contributed by atoms with Gasteiger partial charge in [-0.3, -0.25) is 4.98 Å². The minimum Gasteiger partial charge on any atom is -0.340 e. The number of benzene rings is 1. The second kappa shape index (κ2) is 6.97. The number of piperidine rings is 1. The third-order valence-corrected chi connectivity index (χ3v) is 5.01. The quantitative estimate of drug-likeness (QED) is 0.772. The number of fused-ring (bicyclic) bond motifs is 1. The Kier molecular flexibility index (Phi) is 4.50. The second-order valence-corrected chi connectivity index (χ2v) is 7.05. The van der Waals surface area contributed by atoms with Gasteiger partial charge in [0.25, 0.3) is 0 Å². The summed E-state index contributed by atoms with van der Waals surface area (Å²) < 4.78 is 15.9. The van der Waals surface area contributed by atoms with Crippen LogP contribution in [0.1, 0.15) is 23.2 Å². The minimum atomic E-state index is -0.971. The summed E-state index contributed by atoms with van der Waals surface area (Å²) in [5.74, 6) is 0.782. The molecule has 0 spiro atoms. The molecule has 0 aliphatic carbocycles. The summed E-state index contributed by atoms with van der Waals surface area (Å²) in [5.41, 5.74) is 10.4. The number of nitriles is 1. The van der Waals surface area contributed by atoms with Gasteiger partial charge in [-0.05, 0) is 43.2 Å². The highest BCUT2D eigenvalue weighted by molar-refractivity contribution is 5.80. The third kappa shape index (κ3) is 3.36. The van der Waals surface area contributed by atoms with E-state index in [2.05, 4.69) is 26.6 Å². The Labute approximate surface area is 157 Å². The molecule has 2 aromatic heterocycles. The van der Waals surface area contributed by atoms with Crippen molar-refractivity contribution in [3.63, 3.8) is 0 Å². The van der Waals surface area contributed by atoms with E-state index < -0.39 is 12.2 Å². The average Bonchev–Trinajstić information content (AvgIpc) is 3.02. The van der Waals surface area contributed by atoms with Gasteiger partial charge in [-0.2, -0.15) is 5.26 Å². The largest absolute Gasteiger partial charge is 0.340 e. The van der Waals surface area contributed by atoms with Crippen molar-refractivity contribution in [2.75, 3.05) is 18.0 Å². The molecule has 0 bridgehead atoms. The van der Waals surface area contributed by atoms with Crippen LogP contribution in [0.5, 0.6) is 0 Å². The van der Waals surface area contributed by atoms with Crippen LogP contribution < -0.4 is 10.6 Å². The molecule has 0 unspecified atom stereocenters. The lowest BCUT2D eigenvalue weighted by atomic mass is 10.1. The molecule has 7 heteroatoms. The van der Waals surface area contributed by atoms with E-state index in [9.17, 15) is 4.39 Å². The van der Waals surface area contributed by atoms with Crippen molar-refractivity contribution >= 4 is 17.0 Å². The van der Waals surface area contributed by atoms with Gasteiger partial charge in [-0.1, -0.05) is 6.07 Å². The Bertz CT molecular complexity index is 1000. The molecule has 4 rings (SSSR count). The van der Waals surface area contributed by atoms with Crippen LogP contribution >= 0.6 is 0 Å². The fourth-order valence-corrected chi connectivity index (χ4v) is 3.50. The van der Waals surface area contributed by atoms with E-state index in [0.29, 0.717) is 31.6 Å². The highest BCUT2D eigenvalue weighted by Crippen LogP contribution is 2.27. The van der Waals surface area contributed by atoms with Gasteiger partial charge in [0.05, 0.1) is 34.9 Å². The Morgan fingerprint density at radius 1 is 1.33 bits per heavy atom. The van der Waals surface area contributed by atoms with Crippen LogP contribution in [-0.4, -0.2) is 39.8 Å². The summed E-state index contributed by atoms with van der Waals surface area (Å²) in [4.78, 5) is 11.2. The van der Waals surface area contributed by atoms with E-state index in [1.807, 2.05) is 25.1 Å². The zero-order valence-corrected chi connectivity index (χ0v) is 15.1. The topological polar surface area (TPSA) is 83.8 Å². The summed E-state index contributed by atoms with van der Waals surface area (Å²) >= 11 is 0. The number of halogens is 1. The zero-order valence-electron chi connectivity index (χ0n) is 15.1. The van der Waals surface area contributed by atoms with Crippen LogP contribution in [0.15, 0.2) is 36.5 Å². The fourth-order valence-electron chi connectivity index (χ4n) is 3.50. The Morgan fingerprint density at radius 3 is 2.89 bits per heavy atom. The van der Waals surface area contributed by atoms with Gasteiger partial charge in [0, 0.05) is 19.3 Å². The molecule has 2 N–H and O–H groups in total. The van der Waals surface area contributed by atoms with E-state index >= 15 is 0 Å². The molecule has 138 valence electrons. The number of hydrogen-bond donors (Lipinski definition) is 1. The SMILES string of the molecule is Cc1ccc2nc(N3CC[C@@H](F)[C@H](N)C3)n(Cc3ccc(C#N)cn3)c2c1. The smallest absolute Gasteiger partial charge is 0.206 e. The van der Waals surface area contributed by atoms with Gasteiger partial charge in [0.15, 0.2) is 0 Å². The molecular formula is C20H21FN6. The number of anilines is 1. The van der Waals surface area contributed by atoms with Gasteiger partial charge in [-0.25, -0.2) is 9.37 Å². The maximum absolute atomic E-state index is 13.8. The molecule has 0 radical (unpaired) electrons. The first-order valence-electron chi connectivity index (χ1n) is 9.01. The predicted octanol–water partition coefficient (Wildman–Crippen LogP) is 2.54. The van der Waals surface area contributed by atoms with Crippen molar-refractivity contribution in [2.24, 2.45) is 5.73 Å². The Balaban J connectivity index is 1.76. The summed E-state index contributed by atoms with van der Waals surface area (Å²) in [6.07, 6.45) is 1.00. The molecule has 0 saturated carbocycles. The van der Waals surface area contributed by atoms with Crippen molar-refractivity contribution in [3.8, 4) is 6.07 Å². The first-order valence-corrected chi connectivity index (χ1v) is 9.01. The Hall–Kier alpha value is -2.98. The van der Waals surface area contributed by atoms with Gasteiger partial charge in [0.2, 0.25) is 5.95 Å². The molecule has 1 aliphatic heterocycles. The molecular weight excluding hydrogens is 343 g/mol. The first kappa shape index (κ1) is 17.4. The monoisotopic (exact) mass is 364 g/mol. The second-order valence-electron chi connectivity index (χ2n) is 7.05. The highest BCUT2D eigenvalue weighted by Gasteiger charge is 2.29. The minimum absolute atomic E-state index is 0.401. The van der Waals surface area contributed by atoms with E-state index in [0.717, 1.165) is 28.2 Å². The number of alkyl halides is 1. The molecule has 1 aliphatic rings. The maximum atomic E-state index is 13.8. The van der Waals surface area contributed by atoms with E-state index in [-0.39, 0.29) is 0 Å². The van der Waals surface area contributed by atoms with Gasteiger partial charge < -0.3 is 15.2 Å². The highest BCUT2D eigenvalue weighted by atomic mass is 19.1. The summed E-state index contributed by atoms with van der Waals surface area (Å²) in [6.45, 7) is 3.58. The van der Waals surface area contributed by atoms with E-state index in [4.69, 9.17) is 16.0 Å². The summed E-state index contributed by atoms with van der Waals surface area (Å²) in [7, 11) is 0. The first-order chi connectivity index (χ1) is 13.0. The molecule has 0 amide bonds. The average molecular weight is 364 g/mol. The van der Waals surface area contributed by atoms with Gasteiger partial charge in [-0.15, -0.1) is 0 Å². The molecule has 6 nitrogen and oxygen atoms in total. The van der Waals surface area contributed by atoms with Crippen molar-refractivity contribution in [1.29, 1.82) is 5.26 Å². The van der Waals surface area contributed by atoms with Crippen LogP contribution in [0.2, 0.25) is 0 Å². The number of nitrogens with zero attached hydrogens (tertiary/aromatic N) is 5. The van der Waals surface area contributed by atoms with Crippen molar-refractivity contribution in [2.45, 2.75) is 32.1 Å². The number of aromatic nitrogens is 3. The number of pyridine rings is 1. The van der Waals surface area contributed by atoms with Crippen LogP contribution in [0.4, 0.5) is 10.3 Å². The van der Waals surface area contributed by atoms with Crippen molar-refractivity contribution in [3.05, 3.63) is 53.3 Å². The van der Waals surface area contributed by atoms with Crippen LogP contribution in [0, 0.1) is 18.3 Å². The normalized spacial score (nSPS) is 20.0. The number of imidazole rings is 1. The predicted molar refractivity (Wildman–Crippen MR) is 102 cm³/mol. The fraction of sp³-hybridized carbons (Fsp3) is 0.350. The Morgan fingerprint density at radius 2 is 2.19 bits per heavy atom. The van der Waals surface area contributed by atoms with Crippen molar-refractivity contribution < 1.29 is 4.39 Å². The number of rotatable bonds is 3. The molecule has 2 atom stereocenters. The summed E-state index contributed by atoms with van der Waals surface area (Å²) in [6, 6.07) is 11.3. The number of hydrogen-bond acceptors (Lipinski definition) is 5. The lowest BCUT2D eigenvalue weighted by Gasteiger charge is -2.34. The molecule has 27 heavy (non-hydrogen) atoms. The van der Waals surface area contributed by atoms with Crippen LogP contribution in [0.25, 0.3) is 11.0 Å². The lowest BCUT2D eigenvalue weighted by Crippen LogP contribution is -2.50. The van der Waals surface area contributed by atoms with Crippen LogP contribution in [-0.2, 0) is 6.54 Å². The molecule has 1 saturated heterocycles. The lowest BCUT2D eigenvalue weighted by molar-refractivity contribution is 0.243. The number of nitrogens with two attached hydrogens (primary N) is 1. The molecule has 1 aromatic carbocycles. The maximum Gasteiger partial charge on any atom is 0.206 e. The zero-order chi connectivity index (χ0) is 19.0. The molecule has 1 fully saturated rings. The standard InChI is InChI=1S/C20H21FN6/c1-13-2-5-18-19(8-13)27(11-15-4-3-14(9-22)10-24-15)20(25-18)26-7-6-16(21)17(23)12-26/h2-5,8,10,16-17H,6-7,11-12,23H2,1H3/t16-,17-/m1/s1. The molecule has 3 heterocycles.